The molecule has 4 nitrogen and oxygen atoms in total. The van der Waals surface area contributed by atoms with Crippen LogP contribution < -0.4 is 5.32 Å². The summed E-state index contributed by atoms with van der Waals surface area (Å²) in [4.78, 5) is 0.146. The van der Waals surface area contributed by atoms with Crippen molar-refractivity contribution >= 4 is 22.4 Å². The topological polar surface area (TPSA) is 49.4 Å². The number of piperazine rings is 1. The van der Waals surface area contributed by atoms with Crippen molar-refractivity contribution in [3.8, 4) is 0 Å². The average molecular weight is 295 g/mol. The second-order valence-corrected chi connectivity index (χ2v) is 6.01. The predicted octanol–water partition coefficient (Wildman–Crippen LogP) is 1.23. The number of nitrogens with zero attached hydrogens (tertiary/aromatic N) is 1. The summed E-state index contributed by atoms with van der Waals surface area (Å²) in [5, 5.41) is 3.13. The molecule has 0 saturated carbocycles. The van der Waals surface area contributed by atoms with Gasteiger partial charge in [-0.2, -0.15) is 4.31 Å². The molecule has 7 heteroatoms. The van der Waals surface area contributed by atoms with E-state index in [1.807, 2.05) is 6.92 Å². The minimum atomic E-state index is -3.50. The monoisotopic (exact) mass is 294 g/mol. The van der Waals surface area contributed by atoms with Crippen molar-refractivity contribution < 1.29 is 12.8 Å². The largest absolute Gasteiger partial charge is 0.314 e. The van der Waals surface area contributed by atoms with E-state index >= 15 is 0 Å². The molecule has 1 aliphatic rings. The van der Waals surface area contributed by atoms with Crippen LogP contribution in [0.3, 0.4) is 0 Å². The normalized spacial score (nSPS) is 21.3. The lowest BCUT2D eigenvalue weighted by molar-refractivity contribution is 0.284. The van der Waals surface area contributed by atoms with E-state index < -0.39 is 15.8 Å². The minimum absolute atomic E-state index is 0. The lowest BCUT2D eigenvalue weighted by Gasteiger charge is -2.32. The number of sulfonamides is 1. The maximum absolute atomic E-state index is 12.8. The number of hydrogen-bond donors (Lipinski definition) is 1. The van der Waals surface area contributed by atoms with Crippen molar-refractivity contribution in [3.05, 3.63) is 30.1 Å². The molecule has 1 aromatic rings. The molecule has 0 spiro atoms. The van der Waals surface area contributed by atoms with Gasteiger partial charge in [0, 0.05) is 25.7 Å². The summed E-state index contributed by atoms with van der Waals surface area (Å²) in [5.74, 6) is -0.433. The molecule has 1 aromatic carbocycles. The van der Waals surface area contributed by atoms with Gasteiger partial charge in [-0.1, -0.05) is 0 Å². The third kappa shape index (κ3) is 3.00. The van der Waals surface area contributed by atoms with Crippen LogP contribution in [-0.4, -0.2) is 38.4 Å². The number of halogens is 2. The van der Waals surface area contributed by atoms with E-state index in [-0.39, 0.29) is 23.3 Å². The highest BCUT2D eigenvalue weighted by molar-refractivity contribution is 7.89. The minimum Gasteiger partial charge on any atom is -0.314 e. The molecule has 1 unspecified atom stereocenters. The van der Waals surface area contributed by atoms with Crippen LogP contribution in [0.1, 0.15) is 6.92 Å². The van der Waals surface area contributed by atoms with Gasteiger partial charge in [-0.3, -0.25) is 0 Å². The van der Waals surface area contributed by atoms with Gasteiger partial charge < -0.3 is 5.32 Å². The second kappa shape index (κ2) is 5.97. The standard InChI is InChI=1S/C11H15FN2O2S.ClH/c1-9-8-13-6-7-14(9)17(15,16)11-4-2-10(12)3-5-11;/h2-5,9,13H,6-8H2,1H3;1H. The van der Waals surface area contributed by atoms with Gasteiger partial charge in [-0.25, -0.2) is 12.8 Å². The molecule has 0 aromatic heterocycles. The van der Waals surface area contributed by atoms with E-state index in [2.05, 4.69) is 5.32 Å². The number of nitrogens with one attached hydrogen (secondary N) is 1. The third-order valence-corrected chi connectivity index (χ3v) is 4.89. The Labute approximate surface area is 113 Å². The van der Waals surface area contributed by atoms with Crippen LogP contribution in [-0.2, 0) is 10.0 Å². The Kier molecular flexibility index (Phi) is 5.10. The fourth-order valence-electron chi connectivity index (χ4n) is 1.92. The van der Waals surface area contributed by atoms with Crippen molar-refractivity contribution in [3.63, 3.8) is 0 Å². The van der Waals surface area contributed by atoms with Crippen molar-refractivity contribution in [1.82, 2.24) is 9.62 Å². The first-order chi connectivity index (χ1) is 8.01. The molecule has 102 valence electrons. The van der Waals surface area contributed by atoms with E-state index in [0.717, 1.165) is 0 Å². The zero-order chi connectivity index (χ0) is 12.5. The summed E-state index contributed by atoms with van der Waals surface area (Å²) in [6.07, 6.45) is 0. The van der Waals surface area contributed by atoms with Crippen LogP contribution in [0.25, 0.3) is 0 Å². The van der Waals surface area contributed by atoms with Gasteiger partial charge in [0.25, 0.3) is 0 Å². The molecule has 0 aliphatic carbocycles. The summed E-state index contributed by atoms with van der Waals surface area (Å²) in [6, 6.07) is 4.86. The quantitative estimate of drug-likeness (QED) is 0.892. The first-order valence-corrected chi connectivity index (χ1v) is 6.94. The van der Waals surface area contributed by atoms with E-state index in [1.54, 1.807) is 0 Å². The van der Waals surface area contributed by atoms with Gasteiger partial charge in [0.2, 0.25) is 10.0 Å². The van der Waals surface area contributed by atoms with Gasteiger partial charge in [0.1, 0.15) is 5.82 Å². The van der Waals surface area contributed by atoms with E-state index in [1.165, 1.54) is 28.6 Å². The maximum Gasteiger partial charge on any atom is 0.243 e. The van der Waals surface area contributed by atoms with Crippen LogP contribution in [0.5, 0.6) is 0 Å². The highest BCUT2D eigenvalue weighted by Gasteiger charge is 2.30. The molecule has 2 rings (SSSR count). The molecule has 18 heavy (non-hydrogen) atoms. The second-order valence-electron chi connectivity index (χ2n) is 4.12. The molecule has 1 aliphatic heterocycles. The fraction of sp³-hybridized carbons (Fsp3) is 0.455. The third-order valence-electron chi connectivity index (χ3n) is 2.86. The predicted molar refractivity (Wildman–Crippen MR) is 69.9 cm³/mol. The SMILES string of the molecule is CC1CNCCN1S(=O)(=O)c1ccc(F)cc1.Cl. The summed E-state index contributed by atoms with van der Waals surface area (Å²) >= 11 is 0. The molecule has 1 heterocycles. The molecule has 0 radical (unpaired) electrons. The van der Waals surface area contributed by atoms with E-state index in [0.29, 0.717) is 19.6 Å². The zero-order valence-corrected chi connectivity index (χ0v) is 11.6. The average Bonchev–Trinajstić information content (AvgIpc) is 2.30. The molecule has 1 fully saturated rings. The molecule has 0 amide bonds. The van der Waals surface area contributed by atoms with Crippen molar-refractivity contribution in [2.24, 2.45) is 0 Å². The first-order valence-electron chi connectivity index (χ1n) is 5.50. The van der Waals surface area contributed by atoms with Crippen LogP contribution in [0.2, 0.25) is 0 Å². The highest BCUT2D eigenvalue weighted by atomic mass is 35.5. The Morgan fingerprint density at radius 3 is 2.50 bits per heavy atom. The van der Waals surface area contributed by atoms with Gasteiger partial charge in [-0.15, -0.1) is 12.4 Å². The van der Waals surface area contributed by atoms with Gasteiger partial charge in [-0.05, 0) is 31.2 Å². The summed E-state index contributed by atoms with van der Waals surface area (Å²) in [7, 11) is -3.50. The molecule has 1 saturated heterocycles. The number of benzene rings is 1. The Balaban J connectivity index is 0.00000162. The summed E-state index contributed by atoms with van der Waals surface area (Å²) < 4.78 is 38.8. The Morgan fingerprint density at radius 2 is 1.94 bits per heavy atom. The van der Waals surface area contributed by atoms with Crippen molar-refractivity contribution in [2.45, 2.75) is 17.9 Å². The van der Waals surface area contributed by atoms with Crippen LogP contribution in [0.4, 0.5) is 4.39 Å². The van der Waals surface area contributed by atoms with Crippen LogP contribution >= 0.6 is 12.4 Å². The van der Waals surface area contributed by atoms with Crippen molar-refractivity contribution in [2.75, 3.05) is 19.6 Å². The molecular weight excluding hydrogens is 279 g/mol. The zero-order valence-electron chi connectivity index (χ0n) is 9.97. The fourth-order valence-corrected chi connectivity index (χ4v) is 3.55. The van der Waals surface area contributed by atoms with E-state index in [9.17, 15) is 12.8 Å². The van der Waals surface area contributed by atoms with Crippen molar-refractivity contribution in [1.29, 1.82) is 0 Å². The molecule has 1 atom stereocenters. The highest BCUT2D eigenvalue weighted by Crippen LogP contribution is 2.19. The Morgan fingerprint density at radius 1 is 1.33 bits per heavy atom. The lowest BCUT2D eigenvalue weighted by Crippen LogP contribution is -2.52. The smallest absolute Gasteiger partial charge is 0.243 e. The first kappa shape index (κ1) is 15.4. The van der Waals surface area contributed by atoms with E-state index in [4.69, 9.17) is 0 Å². The van der Waals surface area contributed by atoms with Crippen LogP contribution in [0.15, 0.2) is 29.2 Å². The molecule has 1 N–H and O–H groups in total. The summed E-state index contributed by atoms with van der Waals surface area (Å²) in [5.41, 5.74) is 0. The Hall–Kier alpha value is -0.690. The maximum atomic E-state index is 12.8. The number of hydrogen-bond acceptors (Lipinski definition) is 3. The molecule has 0 bridgehead atoms. The number of rotatable bonds is 2. The summed E-state index contributed by atoms with van der Waals surface area (Å²) in [6.45, 7) is 3.58. The Bertz CT molecular complexity index is 492. The molecular formula is C11H16ClFN2O2S. The van der Waals surface area contributed by atoms with Gasteiger partial charge in [0.05, 0.1) is 4.90 Å². The van der Waals surface area contributed by atoms with Gasteiger partial charge >= 0.3 is 0 Å². The van der Waals surface area contributed by atoms with Crippen LogP contribution in [0, 0.1) is 5.82 Å². The lowest BCUT2D eigenvalue weighted by atomic mass is 10.3. The van der Waals surface area contributed by atoms with Gasteiger partial charge in [0.15, 0.2) is 0 Å².